The monoisotopic (exact) mass is 100.0 g/mol. The van der Waals surface area contributed by atoms with Crippen molar-refractivity contribution < 1.29 is 19.2 Å². The van der Waals surface area contributed by atoms with Crippen LogP contribution in [0.2, 0.25) is 0 Å². The second-order valence-electron chi connectivity index (χ2n) is 0.349. The average molecular weight is 99.9 g/mol. The molecule has 0 spiro atoms. The Labute approximate surface area is 38.9 Å². The number of nitriles is 2. The zero-order chi connectivity index (χ0) is 4.12. The van der Waals surface area contributed by atoms with Crippen LogP contribution in [0.1, 0.15) is 0 Å². The summed E-state index contributed by atoms with van der Waals surface area (Å²) in [4.78, 5) is 0. The molecule has 0 amide bonds. The molecule has 0 rings (SSSR count). The summed E-state index contributed by atoms with van der Waals surface area (Å²) in [5, 5.41) is 15.3. The van der Waals surface area contributed by atoms with E-state index in [1.807, 2.05) is 0 Å². The van der Waals surface area contributed by atoms with E-state index in [9.17, 15) is 0 Å². The zero-order valence-corrected chi connectivity index (χ0v) is 3.96. The van der Waals surface area contributed by atoms with Gasteiger partial charge in [-0.3, -0.25) is 0 Å². The van der Waals surface area contributed by atoms with Crippen molar-refractivity contribution in [2.75, 3.05) is 0 Å². The summed E-state index contributed by atoms with van der Waals surface area (Å²) in [5.41, 5.74) is 0. The third kappa shape index (κ3) is 3.69. The van der Waals surface area contributed by atoms with Gasteiger partial charge in [-0.15, -0.1) is 0 Å². The van der Waals surface area contributed by atoms with Crippen LogP contribution in [-0.4, -0.2) is 0 Å². The van der Waals surface area contributed by atoms with Gasteiger partial charge in [-0.1, -0.05) is 0 Å². The Morgan fingerprint density at radius 2 is 1.60 bits per heavy atom. The van der Waals surface area contributed by atoms with Crippen molar-refractivity contribution in [1.82, 2.24) is 0 Å². The molecule has 0 aliphatic carbocycles. The van der Waals surface area contributed by atoms with Crippen LogP contribution in [0.5, 0.6) is 0 Å². The molecular formula is C2N2Ti. The van der Waals surface area contributed by atoms with Crippen LogP contribution in [-0.2, 0) is 19.2 Å². The second-order valence-corrected chi connectivity index (χ2v) is 1.44. The van der Waals surface area contributed by atoms with Crippen LogP contribution in [0.4, 0.5) is 0 Å². The molecule has 0 aromatic heterocycles. The van der Waals surface area contributed by atoms with Crippen molar-refractivity contribution in [3.05, 3.63) is 0 Å². The summed E-state index contributed by atoms with van der Waals surface area (Å²) in [6.45, 7) is 0. The molecule has 0 aromatic carbocycles. The third-order valence-corrected chi connectivity index (χ3v) is 0.461. The van der Waals surface area contributed by atoms with Crippen molar-refractivity contribution in [2.24, 2.45) is 0 Å². The number of nitrogens with zero attached hydrogens (tertiary/aromatic N) is 2. The van der Waals surface area contributed by atoms with Crippen molar-refractivity contribution in [2.45, 2.75) is 0 Å². The van der Waals surface area contributed by atoms with Gasteiger partial charge in [0.2, 0.25) is 0 Å². The molecule has 0 atom stereocenters. The van der Waals surface area contributed by atoms with Crippen LogP contribution in [0.25, 0.3) is 0 Å². The van der Waals surface area contributed by atoms with E-state index in [-0.39, 0.29) is 0 Å². The molecule has 2 nitrogen and oxygen atoms in total. The van der Waals surface area contributed by atoms with Crippen LogP contribution in [0.15, 0.2) is 0 Å². The molecule has 0 radical (unpaired) electrons. The van der Waals surface area contributed by atoms with Crippen molar-refractivity contribution in [1.29, 1.82) is 10.5 Å². The van der Waals surface area contributed by atoms with Crippen molar-refractivity contribution in [3.8, 4) is 8.75 Å². The Morgan fingerprint density at radius 1 is 1.20 bits per heavy atom. The Bertz CT molecular complexity index is 72.8. The van der Waals surface area contributed by atoms with E-state index < -0.39 is 19.2 Å². The normalized spacial score (nSPS) is 3.60. The Hall–Kier alpha value is -0.306. The molecule has 3 heteroatoms. The minimum absolute atomic E-state index is 0.861. The fourth-order valence-electron chi connectivity index (χ4n) is 0.0250. The van der Waals surface area contributed by atoms with Gasteiger partial charge in [0, 0.05) is 0 Å². The molecule has 0 saturated heterocycles. The molecular weight excluding hydrogens is 99.9 g/mol. The van der Waals surface area contributed by atoms with Gasteiger partial charge in [0.1, 0.15) is 0 Å². The number of hydrogen-bond donors (Lipinski definition) is 0. The SMILES string of the molecule is N#[C][Ti][C]#N. The van der Waals surface area contributed by atoms with E-state index in [0.717, 1.165) is 0 Å². The molecule has 5 heavy (non-hydrogen) atoms. The van der Waals surface area contributed by atoms with Gasteiger partial charge in [-0.05, 0) is 0 Å². The number of hydrogen-bond acceptors (Lipinski definition) is 2. The summed E-state index contributed by atoms with van der Waals surface area (Å²) in [5.74, 6) is 0. The van der Waals surface area contributed by atoms with E-state index in [1.165, 1.54) is 0 Å². The van der Waals surface area contributed by atoms with Gasteiger partial charge in [0.15, 0.2) is 0 Å². The molecule has 0 saturated carbocycles. The van der Waals surface area contributed by atoms with Crippen LogP contribution < -0.4 is 0 Å². The molecule has 0 bridgehead atoms. The molecule has 0 heterocycles. The molecule has 0 fully saturated rings. The fourth-order valence-corrected chi connectivity index (χ4v) is 0.103. The first-order valence-corrected chi connectivity index (χ1v) is 2.51. The Morgan fingerprint density at radius 3 is 1.60 bits per heavy atom. The molecule has 0 aliphatic heterocycles. The van der Waals surface area contributed by atoms with E-state index in [4.69, 9.17) is 10.5 Å². The van der Waals surface area contributed by atoms with Gasteiger partial charge in [-0.25, -0.2) is 0 Å². The molecule has 0 aromatic rings. The molecule has 22 valence electrons. The molecule has 0 unspecified atom stereocenters. The number of rotatable bonds is 0. The predicted octanol–water partition coefficient (Wildman–Crippen LogP) is 0.0311. The van der Waals surface area contributed by atoms with Crippen LogP contribution in [0, 0.1) is 19.3 Å². The van der Waals surface area contributed by atoms with Gasteiger partial charge in [-0.2, -0.15) is 0 Å². The quantitative estimate of drug-likeness (QED) is 0.403. The first kappa shape index (κ1) is 4.69. The summed E-state index contributed by atoms with van der Waals surface area (Å²) in [6.07, 6.45) is 0. The van der Waals surface area contributed by atoms with Crippen LogP contribution in [0.3, 0.4) is 0 Å². The zero-order valence-electron chi connectivity index (χ0n) is 2.39. The molecule has 0 aliphatic rings. The van der Waals surface area contributed by atoms with Gasteiger partial charge < -0.3 is 0 Å². The first-order chi connectivity index (χ1) is 2.41. The minimum atomic E-state index is -0.861. The first-order valence-electron chi connectivity index (χ1n) is 0.947. The van der Waals surface area contributed by atoms with E-state index >= 15 is 0 Å². The van der Waals surface area contributed by atoms with Gasteiger partial charge in [0.25, 0.3) is 0 Å². The maximum absolute atomic E-state index is 7.65. The summed E-state index contributed by atoms with van der Waals surface area (Å²) in [6, 6.07) is 0. The fraction of sp³-hybridized carbons (Fsp3) is 0. The van der Waals surface area contributed by atoms with E-state index in [0.29, 0.717) is 0 Å². The van der Waals surface area contributed by atoms with Crippen LogP contribution >= 0.6 is 0 Å². The predicted molar refractivity (Wildman–Crippen MR) is 11.2 cm³/mol. The van der Waals surface area contributed by atoms with Crippen molar-refractivity contribution >= 4 is 0 Å². The van der Waals surface area contributed by atoms with E-state index in [1.54, 1.807) is 8.75 Å². The second kappa shape index (κ2) is 3.69. The average Bonchev–Trinajstić information content (AvgIpc) is 1.41. The Kier molecular flexibility index (Phi) is 3.47. The maximum atomic E-state index is 7.65. The summed E-state index contributed by atoms with van der Waals surface area (Å²) >= 11 is -0.861. The van der Waals surface area contributed by atoms with Gasteiger partial charge >= 0.3 is 38.4 Å². The van der Waals surface area contributed by atoms with Crippen molar-refractivity contribution in [3.63, 3.8) is 0 Å². The topological polar surface area (TPSA) is 47.6 Å². The summed E-state index contributed by atoms with van der Waals surface area (Å²) < 4.78 is 3.56. The standard InChI is InChI=1S/2CN.Ti/c2*1-2;. The molecule has 0 N–H and O–H groups in total. The van der Waals surface area contributed by atoms with E-state index in [2.05, 4.69) is 0 Å². The summed E-state index contributed by atoms with van der Waals surface area (Å²) in [7, 11) is 0. The Balaban J connectivity index is 2.86. The van der Waals surface area contributed by atoms with Gasteiger partial charge in [0.05, 0.1) is 0 Å². The third-order valence-electron chi connectivity index (χ3n) is 0.112.